The lowest BCUT2D eigenvalue weighted by molar-refractivity contribution is 0.630. The second kappa shape index (κ2) is 7.79. The van der Waals surface area contributed by atoms with Crippen LogP contribution in [0.2, 0.25) is 0 Å². The number of anilines is 1. The van der Waals surface area contributed by atoms with E-state index in [-0.39, 0.29) is 5.82 Å². The largest absolute Gasteiger partial charge is 0.369 e. The highest BCUT2D eigenvalue weighted by atomic mass is 32.2. The van der Waals surface area contributed by atoms with E-state index in [0.717, 1.165) is 35.3 Å². The van der Waals surface area contributed by atoms with Crippen molar-refractivity contribution in [3.05, 3.63) is 66.1 Å². The lowest BCUT2D eigenvalue weighted by Gasteiger charge is -2.11. The van der Waals surface area contributed by atoms with Crippen molar-refractivity contribution in [3.8, 4) is 11.3 Å². The average molecular weight is 382 g/mol. The number of thioether (sulfide) groups is 1. The molecule has 0 aliphatic carbocycles. The van der Waals surface area contributed by atoms with E-state index >= 15 is 0 Å². The van der Waals surface area contributed by atoms with Crippen molar-refractivity contribution in [2.45, 2.75) is 12.7 Å². The fourth-order valence-electron chi connectivity index (χ4n) is 2.80. The van der Waals surface area contributed by atoms with Crippen molar-refractivity contribution in [2.24, 2.45) is 0 Å². The van der Waals surface area contributed by atoms with Crippen LogP contribution in [0.5, 0.6) is 0 Å². The first-order chi connectivity index (χ1) is 13.2. The summed E-state index contributed by atoms with van der Waals surface area (Å²) in [6, 6.07) is 10.3. The Hall–Kier alpha value is -2.87. The number of hydrogen-bond acceptors (Lipinski definition) is 5. The summed E-state index contributed by atoms with van der Waals surface area (Å²) in [6.45, 7) is 2.78. The topological polar surface area (TPSA) is 70.9 Å². The summed E-state index contributed by atoms with van der Waals surface area (Å²) in [5.74, 6) is 2.28. The lowest BCUT2D eigenvalue weighted by atomic mass is 10.1. The van der Waals surface area contributed by atoms with Crippen molar-refractivity contribution in [2.75, 3.05) is 17.6 Å². The van der Waals surface area contributed by atoms with Crippen molar-refractivity contribution >= 4 is 23.2 Å². The molecule has 0 amide bonds. The molecule has 0 spiro atoms. The zero-order chi connectivity index (χ0) is 18.6. The Morgan fingerprint density at radius 2 is 2.15 bits per heavy atom. The molecular weight excluding hydrogens is 363 g/mol. The van der Waals surface area contributed by atoms with Gasteiger partial charge in [0.15, 0.2) is 5.65 Å². The van der Waals surface area contributed by atoms with E-state index in [4.69, 9.17) is 0 Å². The van der Waals surface area contributed by atoms with E-state index < -0.39 is 0 Å². The molecule has 8 heteroatoms. The quantitative estimate of drug-likeness (QED) is 0.474. The first-order valence-corrected chi connectivity index (χ1v) is 9.78. The smallest absolute Gasteiger partial charge is 0.157 e. The molecule has 3 aromatic heterocycles. The minimum Gasteiger partial charge on any atom is -0.369 e. The minimum atomic E-state index is -0.287. The SMILES string of the molecule is Cc1[nH]cnc1CSCCNc1cc(-c2ccccc2F)nc2ccnn12. The number of H-pyrrole nitrogens is 1. The third-order valence-corrected chi connectivity index (χ3v) is 5.21. The van der Waals surface area contributed by atoms with E-state index in [1.54, 1.807) is 47.0 Å². The first kappa shape index (κ1) is 17.5. The van der Waals surface area contributed by atoms with E-state index in [2.05, 4.69) is 25.4 Å². The Kier molecular flexibility index (Phi) is 5.06. The van der Waals surface area contributed by atoms with Gasteiger partial charge < -0.3 is 10.3 Å². The van der Waals surface area contributed by atoms with Gasteiger partial charge in [-0.2, -0.15) is 21.4 Å². The van der Waals surface area contributed by atoms with E-state index in [1.807, 2.05) is 19.1 Å². The number of nitrogens with zero attached hydrogens (tertiary/aromatic N) is 4. The summed E-state index contributed by atoms with van der Waals surface area (Å²) in [7, 11) is 0. The monoisotopic (exact) mass is 382 g/mol. The molecule has 27 heavy (non-hydrogen) atoms. The molecule has 1 aromatic carbocycles. The van der Waals surface area contributed by atoms with Crippen LogP contribution >= 0.6 is 11.8 Å². The summed E-state index contributed by atoms with van der Waals surface area (Å²) >= 11 is 1.80. The molecule has 0 bridgehead atoms. The maximum atomic E-state index is 14.2. The number of imidazole rings is 1. The molecular formula is C19H19FN6S. The number of benzene rings is 1. The predicted molar refractivity (Wildman–Crippen MR) is 106 cm³/mol. The molecule has 0 unspecified atom stereocenters. The lowest BCUT2D eigenvalue weighted by Crippen LogP contribution is -2.10. The molecule has 4 rings (SSSR count). The maximum Gasteiger partial charge on any atom is 0.157 e. The van der Waals surface area contributed by atoms with Crippen LogP contribution in [0.4, 0.5) is 10.2 Å². The highest BCUT2D eigenvalue weighted by molar-refractivity contribution is 7.98. The van der Waals surface area contributed by atoms with Crippen LogP contribution in [0.15, 0.2) is 48.9 Å². The van der Waals surface area contributed by atoms with Crippen LogP contribution in [0.1, 0.15) is 11.4 Å². The van der Waals surface area contributed by atoms with E-state index in [1.165, 1.54) is 6.07 Å². The third kappa shape index (κ3) is 3.80. The van der Waals surface area contributed by atoms with Crippen LogP contribution < -0.4 is 5.32 Å². The summed E-state index contributed by atoms with van der Waals surface area (Å²) in [5, 5.41) is 7.69. The van der Waals surface area contributed by atoms with Crippen molar-refractivity contribution in [3.63, 3.8) is 0 Å². The molecule has 6 nitrogen and oxygen atoms in total. The maximum absolute atomic E-state index is 14.2. The Balaban J connectivity index is 1.47. The Morgan fingerprint density at radius 3 is 2.96 bits per heavy atom. The van der Waals surface area contributed by atoms with Gasteiger partial charge in [0.1, 0.15) is 11.6 Å². The van der Waals surface area contributed by atoms with Gasteiger partial charge in [0, 0.05) is 41.4 Å². The molecule has 138 valence electrons. The number of fused-ring (bicyclic) bond motifs is 1. The van der Waals surface area contributed by atoms with Crippen molar-refractivity contribution < 1.29 is 4.39 Å². The van der Waals surface area contributed by atoms with Gasteiger partial charge in [-0.25, -0.2) is 14.4 Å². The highest BCUT2D eigenvalue weighted by Gasteiger charge is 2.11. The fraction of sp³-hybridized carbons (Fsp3) is 0.211. The van der Waals surface area contributed by atoms with E-state index in [9.17, 15) is 4.39 Å². The van der Waals surface area contributed by atoms with Crippen LogP contribution in [-0.4, -0.2) is 36.9 Å². The standard InChI is InChI=1S/C19H19FN6S/c1-13-17(23-12-22-13)11-27-9-8-21-19-10-16(14-4-2-3-5-15(14)20)25-18-6-7-24-26(18)19/h2-7,10,12,21H,8-9,11H2,1H3,(H,22,23). The normalized spacial score (nSPS) is 11.2. The van der Waals surface area contributed by atoms with Crippen LogP contribution in [0.3, 0.4) is 0 Å². The van der Waals surface area contributed by atoms with E-state index in [0.29, 0.717) is 16.9 Å². The molecule has 0 saturated carbocycles. The van der Waals surface area contributed by atoms with Gasteiger partial charge in [-0.15, -0.1) is 0 Å². The summed E-state index contributed by atoms with van der Waals surface area (Å²) < 4.78 is 15.9. The molecule has 4 aromatic rings. The van der Waals surface area contributed by atoms with Crippen LogP contribution in [-0.2, 0) is 5.75 Å². The summed E-state index contributed by atoms with van der Waals surface area (Å²) in [4.78, 5) is 11.9. The third-order valence-electron chi connectivity index (χ3n) is 4.23. The fourth-order valence-corrected chi connectivity index (χ4v) is 3.67. The summed E-state index contributed by atoms with van der Waals surface area (Å²) in [5.41, 5.74) is 3.94. The number of halogens is 1. The second-order valence-electron chi connectivity index (χ2n) is 6.06. The van der Waals surface area contributed by atoms with Gasteiger partial charge >= 0.3 is 0 Å². The van der Waals surface area contributed by atoms with Crippen LogP contribution in [0.25, 0.3) is 16.9 Å². The molecule has 0 aliphatic rings. The number of hydrogen-bond donors (Lipinski definition) is 2. The molecule has 3 heterocycles. The molecule has 0 saturated heterocycles. The minimum absolute atomic E-state index is 0.287. The van der Waals surface area contributed by atoms with Gasteiger partial charge in [0.2, 0.25) is 0 Å². The second-order valence-corrected chi connectivity index (χ2v) is 7.17. The average Bonchev–Trinajstić information content (AvgIpc) is 3.30. The zero-order valence-electron chi connectivity index (χ0n) is 14.8. The summed E-state index contributed by atoms with van der Waals surface area (Å²) in [6.07, 6.45) is 3.41. The molecule has 2 N–H and O–H groups in total. The molecule has 0 atom stereocenters. The molecule has 0 radical (unpaired) electrons. The van der Waals surface area contributed by atoms with Gasteiger partial charge in [-0.3, -0.25) is 0 Å². The number of nitrogens with one attached hydrogen (secondary N) is 2. The zero-order valence-corrected chi connectivity index (χ0v) is 15.6. The predicted octanol–water partition coefficient (Wildman–Crippen LogP) is 3.91. The molecule has 0 aliphatic heterocycles. The number of aromatic nitrogens is 5. The first-order valence-electron chi connectivity index (χ1n) is 8.62. The number of aryl methyl sites for hydroxylation is 1. The molecule has 0 fully saturated rings. The number of aromatic amines is 1. The van der Waals surface area contributed by atoms with Gasteiger partial charge in [-0.1, -0.05) is 12.1 Å². The van der Waals surface area contributed by atoms with Crippen molar-refractivity contribution in [1.29, 1.82) is 0 Å². The van der Waals surface area contributed by atoms with Gasteiger partial charge in [-0.05, 0) is 19.1 Å². The Bertz CT molecular complexity index is 1060. The Morgan fingerprint density at radius 1 is 1.26 bits per heavy atom. The Labute approximate surface area is 160 Å². The van der Waals surface area contributed by atoms with Gasteiger partial charge in [0.25, 0.3) is 0 Å². The van der Waals surface area contributed by atoms with Crippen LogP contribution in [0, 0.1) is 12.7 Å². The van der Waals surface area contributed by atoms with Crippen molar-refractivity contribution in [1.82, 2.24) is 24.6 Å². The highest BCUT2D eigenvalue weighted by Crippen LogP contribution is 2.24. The number of rotatable bonds is 7. The van der Waals surface area contributed by atoms with Gasteiger partial charge in [0.05, 0.1) is 23.9 Å².